The minimum absolute atomic E-state index is 0.0403. The van der Waals surface area contributed by atoms with Gasteiger partial charge in [-0.3, -0.25) is 9.29 Å². The quantitative estimate of drug-likeness (QED) is 0.323. The van der Waals surface area contributed by atoms with E-state index in [-0.39, 0.29) is 11.4 Å². The molecular formula is C23H24ClN7O2S. The van der Waals surface area contributed by atoms with Crippen molar-refractivity contribution in [3.8, 4) is 23.1 Å². The average Bonchev–Trinajstić information content (AvgIpc) is 3.29. The number of ether oxygens (including phenoxy) is 2. The molecule has 2 atom stereocenters. The zero-order valence-electron chi connectivity index (χ0n) is 19.1. The second-order valence-electron chi connectivity index (χ2n) is 7.42. The number of hydrogen-bond donors (Lipinski definition) is 1. The van der Waals surface area contributed by atoms with Gasteiger partial charge in [0.2, 0.25) is 11.8 Å². The molecule has 1 N–H and O–H groups in total. The fraction of sp³-hybridized carbons (Fsp3) is 0.261. The zero-order valence-corrected chi connectivity index (χ0v) is 20.7. The molecule has 3 aromatic heterocycles. The smallest absolute Gasteiger partial charge is 0.239 e. The molecule has 176 valence electrons. The first kappa shape index (κ1) is 23.9. The normalized spacial score (nSPS) is 12.9. The number of hydrogen-bond acceptors (Lipinski definition) is 9. The number of pyridine rings is 1. The number of halogens is 1. The summed E-state index contributed by atoms with van der Waals surface area (Å²) in [4.78, 5) is 13.4. The molecule has 2 unspecified atom stereocenters. The lowest BCUT2D eigenvalue weighted by atomic mass is 10.2. The van der Waals surface area contributed by atoms with Gasteiger partial charge in [0, 0.05) is 30.6 Å². The fourth-order valence-corrected chi connectivity index (χ4v) is 4.17. The van der Waals surface area contributed by atoms with E-state index in [1.165, 1.54) is 11.9 Å². The van der Waals surface area contributed by atoms with Crippen LogP contribution in [0.15, 0.2) is 54.9 Å². The Labute approximate surface area is 207 Å². The minimum atomic E-state index is -0.315. The third-order valence-electron chi connectivity index (χ3n) is 4.98. The van der Waals surface area contributed by atoms with E-state index >= 15 is 0 Å². The Morgan fingerprint density at radius 3 is 2.44 bits per heavy atom. The number of methoxy groups -OCH3 is 2. The van der Waals surface area contributed by atoms with E-state index < -0.39 is 0 Å². The van der Waals surface area contributed by atoms with Crippen LogP contribution in [0.2, 0.25) is 5.02 Å². The lowest BCUT2D eigenvalue weighted by molar-refractivity contribution is 0.0972. The molecule has 0 aliphatic heterocycles. The first-order chi connectivity index (χ1) is 16.5. The maximum absolute atomic E-state index is 6.12. The minimum Gasteiger partial charge on any atom is -0.481 e. The number of nitrogens with one attached hydrogen (secondary N) is 1. The molecule has 0 saturated carbocycles. The van der Waals surface area contributed by atoms with Gasteiger partial charge in [0.15, 0.2) is 11.6 Å². The summed E-state index contributed by atoms with van der Waals surface area (Å²) in [7, 11) is 3.22. The van der Waals surface area contributed by atoms with Crippen LogP contribution in [0.25, 0.3) is 17.2 Å². The SMILES string of the molecule is COc1cccc(-c2nnc(NSC(C)C(OC)c3ncc(C)cn3)n2-c2ccc(Cl)cc2)n1. The van der Waals surface area contributed by atoms with Crippen molar-refractivity contribution < 1.29 is 9.47 Å². The number of nitrogens with zero attached hydrogens (tertiary/aromatic N) is 6. The summed E-state index contributed by atoms with van der Waals surface area (Å²) < 4.78 is 16.2. The second-order valence-corrected chi connectivity index (χ2v) is 9.04. The molecule has 0 amide bonds. The Bertz CT molecular complexity index is 1240. The predicted molar refractivity (Wildman–Crippen MR) is 133 cm³/mol. The summed E-state index contributed by atoms with van der Waals surface area (Å²) in [6.45, 7) is 3.98. The van der Waals surface area contributed by atoms with Crippen molar-refractivity contribution in [3.63, 3.8) is 0 Å². The predicted octanol–water partition coefficient (Wildman–Crippen LogP) is 4.93. The van der Waals surface area contributed by atoms with Gasteiger partial charge < -0.3 is 9.47 Å². The lowest BCUT2D eigenvalue weighted by Crippen LogP contribution is -2.19. The molecule has 9 nitrogen and oxygen atoms in total. The maximum atomic E-state index is 6.12. The van der Waals surface area contributed by atoms with Crippen LogP contribution in [-0.2, 0) is 4.74 Å². The van der Waals surface area contributed by atoms with Crippen molar-refractivity contribution in [2.45, 2.75) is 25.2 Å². The summed E-state index contributed by atoms with van der Waals surface area (Å²) >= 11 is 7.56. The van der Waals surface area contributed by atoms with E-state index in [9.17, 15) is 0 Å². The van der Waals surface area contributed by atoms with E-state index in [2.05, 4.69) is 29.9 Å². The summed E-state index contributed by atoms with van der Waals surface area (Å²) in [5, 5.41) is 9.38. The van der Waals surface area contributed by atoms with Gasteiger partial charge in [0.05, 0.1) is 18.0 Å². The summed E-state index contributed by atoms with van der Waals surface area (Å²) in [6, 6.07) is 12.9. The molecule has 4 rings (SSSR count). The monoisotopic (exact) mass is 497 g/mol. The molecule has 3 heterocycles. The Kier molecular flexibility index (Phi) is 7.61. The number of anilines is 1. The number of aromatic nitrogens is 6. The Morgan fingerprint density at radius 2 is 1.76 bits per heavy atom. The maximum Gasteiger partial charge on any atom is 0.239 e. The molecule has 0 aliphatic rings. The summed E-state index contributed by atoms with van der Waals surface area (Å²) in [6.07, 6.45) is 3.25. The number of rotatable bonds is 9. The molecule has 0 saturated heterocycles. The highest BCUT2D eigenvalue weighted by Gasteiger charge is 2.24. The van der Waals surface area contributed by atoms with Gasteiger partial charge in [0.1, 0.15) is 11.8 Å². The fourth-order valence-electron chi connectivity index (χ4n) is 3.27. The highest BCUT2D eigenvalue weighted by molar-refractivity contribution is 8.01. The number of benzene rings is 1. The van der Waals surface area contributed by atoms with Gasteiger partial charge in [-0.05, 0) is 61.7 Å². The van der Waals surface area contributed by atoms with Crippen molar-refractivity contribution in [1.82, 2.24) is 29.7 Å². The molecule has 34 heavy (non-hydrogen) atoms. The summed E-state index contributed by atoms with van der Waals surface area (Å²) in [5.74, 6) is 2.19. The highest BCUT2D eigenvalue weighted by Crippen LogP contribution is 2.31. The molecule has 0 radical (unpaired) electrons. The van der Waals surface area contributed by atoms with Crippen LogP contribution in [0.3, 0.4) is 0 Å². The van der Waals surface area contributed by atoms with Crippen LogP contribution >= 0.6 is 23.5 Å². The third-order valence-corrected chi connectivity index (χ3v) is 6.15. The average molecular weight is 498 g/mol. The van der Waals surface area contributed by atoms with Crippen LogP contribution in [0.5, 0.6) is 5.88 Å². The van der Waals surface area contributed by atoms with E-state index in [1.807, 2.05) is 54.8 Å². The third kappa shape index (κ3) is 5.30. The largest absolute Gasteiger partial charge is 0.481 e. The molecule has 0 fully saturated rings. The number of aryl methyl sites for hydroxylation is 1. The van der Waals surface area contributed by atoms with Gasteiger partial charge >= 0.3 is 0 Å². The topological polar surface area (TPSA) is 99.9 Å². The van der Waals surface area contributed by atoms with Crippen LogP contribution in [0.1, 0.15) is 24.4 Å². The molecule has 0 aliphatic carbocycles. The van der Waals surface area contributed by atoms with Crippen LogP contribution < -0.4 is 9.46 Å². The molecule has 4 aromatic rings. The standard InChI is InChI=1S/C23H24ClN7O2S/c1-14-12-25-21(26-13-14)20(33-4)15(2)34-30-23-29-28-22(18-6-5-7-19(27-18)32-3)31(23)17-10-8-16(24)9-11-17/h5-13,15,20H,1-4H3,(H,29,30). The van der Waals surface area contributed by atoms with Gasteiger partial charge in [-0.25, -0.2) is 15.0 Å². The van der Waals surface area contributed by atoms with Crippen molar-refractivity contribution >= 4 is 29.5 Å². The van der Waals surface area contributed by atoms with Crippen LogP contribution in [0, 0.1) is 6.92 Å². The molecule has 0 spiro atoms. The van der Waals surface area contributed by atoms with Crippen molar-refractivity contribution in [2.24, 2.45) is 0 Å². The molecule has 1 aromatic carbocycles. The van der Waals surface area contributed by atoms with Gasteiger partial charge in [0.25, 0.3) is 0 Å². The first-order valence-corrected chi connectivity index (χ1v) is 11.7. The van der Waals surface area contributed by atoms with Crippen molar-refractivity contribution in [3.05, 3.63) is 71.3 Å². The molecule has 11 heteroatoms. The van der Waals surface area contributed by atoms with E-state index in [0.29, 0.717) is 34.2 Å². The van der Waals surface area contributed by atoms with Gasteiger partial charge in [-0.1, -0.05) is 17.7 Å². The van der Waals surface area contributed by atoms with Gasteiger partial charge in [-0.15, -0.1) is 10.2 Å². The molecular weight excluding hydrogens is 474 g/mol. The molecule has 0 bridgehead atoms. The van der Waals surface area contributed by atoms with E-state index in [1.54, 1.807) is 32.7 Å². The lowest BCUT2D eigenvalue weighted by Gasteiger charge is -2.21. The van der Waals surface area contributed by atoms with E-state index in [4.69, 9.17) is 21.1 Å². The Balaban J connectivity index is 1.64. The second kappa shape index (κ2) is 10.8. The summed E-state index contributed by atoms with van der Waals surface area (Å²) in [5.41, 5.74) is 2.44. The zero-order chi connectivity index (χ0) is 24.1. The first-order valence-electron chi connectivity index (χ1n) is 10.5. The van der Waals surface area contributed by atoms with Gasteiger partial charge in [-0.2, -0.15) is 0 Å². The Hall–Kier alpha value is -3.21. The van der Waals surface area contributed by atoms with Crippen LogP contribution in [-0.4, -0.2) is 49.2 Å². The Morgan fingerprint density at radius 1 is 1.03 bits per heavy atom. The highest BCUT2D eigenvalue weighted by atomic mass is 35.5. The van der Waals surface area contributed by atoms with Crippen molar-refractivity contribution in [2.75, 3.05) is 18.9 Å². The van der Waals surface area contributed by atoms with Crippen molar-refractivity contribution in [1.29, 1.82) is 0 Å². The van der Waals surface area contributed by atoms with E-state index in [0.717, 1.165) is 11.3 Å². The van der Waals surface area contributed by atoms with Crippen LogP contribution in [0.4, 0.5) is 5.95 Å².